The van der Waals surface area contributed by atoms with Crippen molar-refractivity contribution in [2.75, 3.05) is 0 Å². The summed E-state index contributed by atoms with van der Waals surface area (Å²) in [6.07, 6.45) is -0.596. The van der Waals surface area contributed by atoms with Crippen molar-refractivity contribution in [3.05, 3.63) is 0 Å². The first-order valence-electron chi connectivity index (χ1n) is 2.96. The standard InChI is InChI=1S/C5H10N2O2P2/c1-5(2,3)9-4(8)6-11-7-10/h10H,1-3H3. The van der Waals surface area contributed by atoms with Gasteiger partial charge in [-0.1, -0.05) is 0 Å². The molecule has 11 heavy (non-hydrogen) atoms. The number of carbonyl (C=O) groups is 1. The zero-order chi connectivity index (χ0) is 8.91. The third kappa shape index (κ3) is 7.57. The average Bonchev–Trinajstić information content (AvgIpc) is 1.79. The second kappa shape index (κ2) is 4.53. The Hall–Kier alpha value is -0.330. The van der Waals surface area contributed by atoms with Gasteiger partial charge in [-0.2, -0.15) is 4.52 Å². The van der Waals surface area contributed by atoms with Gasteiger partial charge in [0.05, 0.1) is 0 Å². The summed E-state index contributed by atoms with van der Waals surface area (Å²) in [5.74, 6) is 0. The van der Waals surface area contributed by atoms with Crippen LogP contribution in [-0.4, -0.2) is 11.7 Å². The maximum absolute atomic E-state index is 10.7. The molecular weight excluding hydrogens is 182 g/mol. The molecule has 0 rings (SSSR count). The largest absolute Gasteiger partial charge is 0.442 e. The molecule has 0 radical (unpaired) electrons. The summed E-state index contributed by atoms with van der Waals surface area (Å²) in [7, 11) is 3.12. The summed E-state index contributed by atoms with van der Waals surface area (Å²) in [6.45, 7) is 5.34. The smallest absolute Gasteiger partial charge is 0.439 e. The Kier molecular flexibility index (Phi) is 4.39. The van der Waals surface area contributed by atoms with E-state index >= 15 is 0 Å². The monoisotopic (exact) mass is 192 g/mol. The molecule has 0 aromatic carbocycles. The summed E-state index contributed by atoms with van der Waals surface area (Å²) in [4.78, 5) is 10.7. The van der Waals surface area contributed by atoms with Gasteiger partial charge in [0, 0.05) is 0 Å². The Bertz CT molecular complexity index is 185. The highest BCUT2D eigenvalue weighted by Crippen LogP contribution is 2.11. The van der Waals surface area contributed by atoms with E-state index < -0.39 is 11.7 Å². The van der Waals surface area contributed by atoms with Crippen molar-refractivity contribution in [2.24, 2.45) is 9.26 Å². The fourth-order valence-corrected chi connectivity index (χ4v) is 0.634. The first-order chi connectivity index (χ1) is 4.95. The third-order valence-electron chi connectivity index (χ3n) is 0.565. The van der Waals surface area contributed by atoms with Gasteiger partial charge in [-0.3, -0.25) is 0 Å². The lowest BCUT2D eigenvalue weighted by Crippen LogP contribution is -2.21. The molecule has 0 atom stereocenters. The molecule has 0 bridgehead atoms. The van der Waals surface area contributed by atoms with Gasteiger partial charge < -0.3 is 4.74 Å². The van der Waals surface area contributed by atoms with Crippen LogP contribution in [0.5, 0.6) is 0 Å². The van der Waals surface area contributed by atoms with E-state index in [4.69, 9.17) is 4.74 Å². The normalized spacial score (nSPS) is 11.5. The van der Waals surface area contributed by atoms with Crippen molar-refractivity contribution in [2.45, 2.75) is 26.4 Å². The van der Waals surface area contributed by atoms with Gasteiger partial charge in [-0.05, 0) is 29.8 Å². The van der Waals surface area contributed by atoms with Crippen LogP contribution in [0.2, 0.25) is 0 Å². The van der Waals surface area contributed by atoms with Crippen molar-refractivity contribution in [1.82, 2.24) is 0 Å². The summed E-state index contributed by atoms with van der Waals surface area (Å²) in [5, 5.41) is 0. The van der Waals surface area contributed by atoms with Crippen LogP contribution < -0.4 is 0 Å². The molecule has 0 aromatic heterocycles. The van der Waals surface area contributed by atoms with Crippen molar-refractivity contribution in [3.8, 4) is 0 Å². The summed E-state index contributed by atoms with van der Waals surface area (Å²) >= 11 is 0. The number of carbonyl (C=O) groups excluding carboxylic acids is 1. The van der Waals surface area contributed by atoms with Gasteiger partial charge in [0.15, 0.2) is 8.52 Å². The molecule has 0 fully saturated rings. The van der Waals surface area contributed by atoms with Gasteiger partial charge in [-0.15, -0.1) is 4.74 Å². The molecule has 0 aliphatic carbocycles. The lowest BCUT2D eigenvalue weighted by Gasteiger charge is -2.16. The fraction of sp³-hybridized carbons (Fsp3) is 0.800. The highest BCUT2D eigenvalue weighted by Gasteiger charge is 2.14. The summed E-state index contributed by atoms with van der Waals surface area (Å²) in [5.41, 5.74) is -0.484. The maximum Gasteiger partial charge on any atom is 0.439 e. The predicted molar refractivity (Wildman–Crippen MR) is 46.3 cm³/mol. The fourth-order valence-electron chi connectivity index (χ4n) is 0.341. The van der Waals surface area contributed by atoms with Crippen molar-refractivity contribution < 1.29 is 9.53 Å². The molecule has 6 heteroatoms. The Morgan fingerprint density at radius 2 is 2.09 bits per heavy atom. The lowest BCUT2D eigenvalue weighted by atomic mass is 10.2. The van der Waals surface area contributed by atoms with Crippen LogP contribution in [-0.2, 0) is 4.74 Å². The molecule has 4 nitrogen and oxygen atoms in total. The van der Waals surface area contributed by atoms with Crippen molar-refractivity contribution >= 4 is 23.6 Å². The van der Waals surface area contributed by atoms with Crippen LogP contribution in [0, 0.1) is 0 Å². The number of rotatable bonds is 1. The highest BCUT2D eigenvalue weighted by molar-refractivity contribution is 7.31. The van der Waals surface area contributed by atoms with Crippen LogP contribution in [0.3, 0.4) is 0 Å². The second-order valence-electron chi connectivity index (χ2n) is 2.77. The summed E-state index contributed by atoms with van der Waals surface area (Å²) in [6, 6.07) is 0. The molecular formula is C5H10N2O2P2. The maximum atomic E-state index is 10.7. The average molecular weight is 192 g/mol. The Balaban J connectivity index is 3.89. The predicted octanol–water partition coefficient (Wildman–Crippen LogP) is 3.29. The molecule has 0 spiro atoms. The molecule has 0 aliphatic rings. The van der Waals surface area contributed by atoms with Crippen LogP contribution in [0.1, 0.15) is 20.8 Å². The first kappa shape index (κ1) is 10.7. The van der Waals surface area contributed by atoms with Crippen LogP contribution in [0.25, 0.3) is 0 Å². The SMILES string of the molecule is CC(C)(C)OC(=O)N=PN=P. The number of hydrogen-bond acceptors (Lipinski definition) is 2. The van der Waals surface area contributed by atoms with Crippen molar-refractivity contribution in [3.63, 3.8) is 0 Å². The zero-order valence-electron chi connectivity index (χ0n) is 6.66. The molecule has 0 aromatic rings. The van der Waals surface area contributed by atoms with Gasteiger partial charge in [0.25, 0.3) is 0 Å². The van der Waals surface area contributed by atoms with Crippen LogP contribution >= 0.6 is 17.6 Å². The minimum Gasteiger partial charge on any atom is -0.442 e. The van der Waals surface area contributed by atoms with E-state index in [9.17, 15) is 4.79 Å². The quantitative estimate of drug-likeness (QED) is 0.598. The molecule has 1 amide bonds. The number of ether oxygens (including phenoxy) is 1. The lowest BCUT2D eigenvalue weighted by molar-refractivity contribution is 0.0608. The van der Waals surface area contributed by atoms with Gasteiger partial charge in [-0.25, -0.2) is 4.79 Å². The van der Waals surface area contributed by atoms with E-state index in [1.54, 1.807) is 20.8 Å². The second-order valence-corrected chi connectivity index (χ2v) is 3.95. The molecule has 0 heterocycles. The molecule has 0 N–H and O–H groups in total. The van der Waals surface area contributed by atoms with Crippen LogP contribution in [0.4, 0.5) is 4.79 Å². The van der Waals surface area contributed by atoms with Gasteiger partial charge in [0.1, 0.15) is 5.60 Å². The van der Waals surface area contributed by atoms with E-state index in [-0.39, 0.29) is 0 Å². The first-order valence-corrected chi connectivity index (χ1v) is 4.21. The summed E-state index contributed by atoms with van der Waals surface area (Å²) < 4.78 is 11.7. The van der Waals surface area contributed by atoms with Crippen LogP contribution in [0.15, 0.2) is 9.26 Å². The zero-order valence-corrected chi connectivity index (χ0v) is 8.55. The molecule has 0 saturated heterocycles. The highest BCUT2D eigenvalue weighted by atomic mass is 31.1. The van der Waals surface area contributed by atoms with Gasteiger partial charge in [0.2, 0.25) is 0 Å². The molecule has 62 valence electrons. The Morgan fingerprint density at radius 1 is 1.55 bits per heavy atom. The topological polar surface area (TPSA) is 51.0 Å². The van der Waals surface area contributed by atoms with E-state index in [0.29, 0.717) is 8.52 Å². The third-order valence-corrected chi connectivity index (χ3v) is 1.18. The van der Waals surface area contributed by atoms with Crippen molar-refractivity contribution in [1.29, 1.82) is 0 Å². The number of hydrogen-bond donors (Lipinski definition) is 0. The molecule has 0 saturated carbocycles. The van der Waals surface area contributed by atoms with E-state index in [0.717, 1.165) is 0 Å². The molecule has 0 unspecified atom stereocenters. The Morgan fingerprint density at radius 3 is 2.45 bits per heavy atom. The Labute approximate surface area is 69.6 Å². The van der Waals surface area contributed by atoms with E-state index in [2.05, 4.69) is 18.3 Å². The van der Waals surface area contributed by atoms with E-state index in [1.807, 2.05) is 0 Å². The minimum absolute atomic E-state index is 0.308. The number of amides is 1. The number of nitrogens with zero attached hydrogens (tertiary/aromatic N) is 2. The van der Waals surface area contributed by atoms with E-state index in [1.165, 1.54) is 0 Å². The molecule has 0 aliphatic heterocycles. The van der Waals surface area contributed by atoms with Gasteiger partial charge >= 0.3 is 6.09 Å². The minimum atomic E-state index is -0.596.